The molecule has 4 aliphatic rings. The smallest absolute Gasteiger partial charge is 0.318 e. The van der Waals surface area contributed by atoms with Crippen molar-refractivity contribution in [2.45, 2.75) is 58.0 Å². The Morgan fingerprint density at radius 3 is 2.70 bits per heavy atom. The topological polar surface area (TPSA) is 69.4 Å². The Bertz CT molecular complexity index is 1680. The summed E-state index contributed by atoms with van der Waals surface area (Å²) in [5, 5.41) is 2.53. The third-order valence-corrected chi connectivity index (χ3v) is 11.1. The maximum atomic E-state index is 12.6. The van der Waals surface area contributed by atoms with E-state index in [9.17, 15) is 4.79 Å². The zero-order chi connectivity index (χ0) is 32.5. The molecule has 0 unspecified atom stereocenters. The molecule has 47 heavy (non-hydrogen) atoms. The first-order valence-electron chi connectivity index (χ1n) is 17.3. The van der Waals surface area contributed by atoms with Crippen LogP contribution in [0.1, 0.15) is 48.9 Å². The first-order valence-corrected chi connectivity index (χ1v) is 17.3. The van der Waals surface area contributed by atoms with Crippen LogP contribution < -0.4 is 14.5 Å². The highest BCUT2D eigenvalue weighted by Gasteiger charge is 2.47. The van der Waals surface area contributed by atoms with Crippen molar-refractivity contribution in [2.75, 3.05) is 69.3 Å². The van der Waals surface area contributed by atoms with E-state index in [0.29, 0.717) is 44.2 Å². The van der Waals surface area contributed by atoms with E-state index in [2.05, 4.69) is 76.5 Å². The molecule has 3 heterocycles. The molecule has 3 aromatic rings. The molecule has 2 saturated carbocycles. The van der Waals surface area contributed by atoms with Gasteiger partial charge < -0.3 is 29.2 Å². The highest BCUT2D eigenvalue weighted by molar-refractivity contribution is 5.97. The van der Waals surface area contributed by atoms with E-state index in [1.807, 2.05) is 0 Å². The number of ether oxygens (including phenoxy) is 1. The van der Waals surface area contributed by atoms with Gasteiger partial charge in [0.2, 0.25) is 12.5 Å². The summed E-state index contributed by atoms with van der Waals surface area (Å²) in [5.74, 6) is 1.57. The van der Waals surface area contributed by atoms with E-state index >= 15 is 0 Å². The van der Waals surface area contributed by atoms with E-state index in [-0.39, 0.29) is 18.5 Å². The van der Waals surface area contributed by atoms with Gasteiger partial charge in [0.05, 0.1) is 12.2 Å². The molecule has 9 heteroatoms. The molecule has 1 spiro atoms. The van der Waals surface area contributed by atoms with Crippen molar-refractivity contribution in [3.05, 3.63) is 77.3 Å². The van der Waals surface area contributed by atoms with Gasteiger partial charge in [0, 0.05) is 55.9 Å². The van der Waals surface area contributed by atoms with Crippen molar-refractivity contribution in [3.63, 3.8) is 0 Å². The minimum absolute atomic E-state index is 0.123. The van der Waals surface area contributed by atoms with Crippen LogP contribution in [-0.4, -0.2) is 91.2 Å². The van der Waals surface area contributed by atoms with Crippen LogP contribution in [-0.2, 0) is 17.8 Å². The van der Waals surface area contributed by atoms with Gasteiger partial charge in [0.1, 0.15) is 18.5 Å². The van der Waals surface area contributed by atoms with E-state index in [1.54, 1.807) is 4.90 Å². The van der Waals surface area contributed by atoms with Crippen LogP contribution in [0.15, 0.2) is 49.1 Å². The summed E-state index contributed by atoms with van der Waals surface area (Å²) in [6.07, 6.45) is 9.22. The molecule has 0 radical (unpaired) electrons. The van der Waals surface area contributed by atoms with Gasteiger partial charge in [0.15, 0.2) is 0 Å². The van der Waals surface area contributed by atoms with Crippen LogP contribution in [0.5, 0.6) is 6.01 Å². The second kappa shape index (κ2) is 13.2. The summed E-state index contributed by atoms with van der Waals surface area (Å²) < 4.78 is 6.33. The van der Waals surface area contributed by atoms with Gasteiger partial charge in [-0.05, 0) is 80.5 Å². The molecule has 2 aliphatic heterocycles. The number of amides is 1. The zero-order valence-electron chi connectivity index (χ0n) is 28.0. The van der Waals surface area contributed by atoms with E-state index in [1.165, 1.54) is 60.2 Å². The van der Waals surface area contributed by atoms with Gasteiger partial charge >= 0.3 is 6.01 Å². The van der Waals surface area contributed by atoms with Gasteiger partial charge in [-0.1, -0.05) is 43.3 Å². The molecule has 1 saturated heterocycles. The van der Waals surface area contributed by atoms with E-state index < -0.39 is 0 Å². The summed E-state index contributed by atoms with van der Waals surface area (Å²) in [6, 6.07) is 13.2. The molecule has 0 N–H and O–H groups in total. The van der Waals surface area contributed by atoms with Crippen LogP contribution in [0.4, 0.5) is 11.5 Å². The molecule has 2 aliphatic carbocycles. The fraction of sp³-hybridized carbons (Fsp3) is 0.526. The van der Waals surface area contributed by atoms with Crippen molar-refractivity contribution in [1.29, 1.82) is 0 Å². The number of aryl methyl sites for hydroxylation is 1. The number of likely N-dealkylation sites (N-methyl/N-ethyl adjacent to an activating group) is 1. The quantitative estimate of drug-likeness (QED) is 0.215. The lowest BCUT2D eigenvalue weighted by Crippen LogP contribution is -2.56. The largest absolute Gasteiger partial charge is 0.462 e. The Kier molecular flexibility index (Phi) is 8.80. The number of nitrogens with zero attached hydrogens (tertiary/aromatic N) is 7. The van der Waals surface area contributed by atoms with Gasteiger partial charge in [-0.25, -0.2) is 6.57 Å². The molecular weight excluding hydrogens is 586 g/mol. The predicted octanol–water partition coefficient (Wildman–Crippen LogP) is 5.51. The van der Waals surface area contributed by atoms with Crippen LogP contribution in [0.25, 0.3) is 15.6 Å². The molecule has 9 nitrogen and oxygen atoms in total. The summed E-state index contributed by atoms with van der Waals surface area (Å²) in [5.41, 5.74) is 5.32. The molecule has 3 fully saturated rings. The summed E-state index contributed by atoms with van der Waals surface area (Å²) in [7, 11) is 2.19. The number of hydrogen-bond donors (Lipinski definition) is 0. The SMILES string of the molecule is [C-]#[N+]C[C@H]1CN(c2nc(OCCN(C)CC3CC4(CCC4)C3)nc3c2CCN(c2cccc4cccc(C)c24)C3)CCN1C(=O)C=C. The Morgan fingerprint density at radius 1 is 1.15 bits per heavy atom. The lowest BCUT2D eigenvalue weighted by molar-refractivity contribution is -0.128. The number of rotatable bonds is 10. The standard InChI is InChI=1S/C38H47N7O2/c1-5-34(46)45-18-17-44(25-30(45)23-39-3)36-31-13-16-43(33-12-7-11-29-10-6-9-27(2)35(29)33)26-32(31)40-37(41-36)47-20-19-42(4)24-28-21-38(22-28)14-8-15-38/h5-7,9-12,28,30H,1,8,13-26H2,2,4H3/t30-/m0/s1. The predicted molar refractivity (Wildman–Crippen MR) is 187 cm³/mol. The molecule has 246 valence electrons. The average Bonchev–Trinajstić information content (AvgIpc) is 3.04. The third-order valence-electron chi connectivity index (χ3n) is 11.1. The highest BCUT2D eigenvalue weighted by Crippen LogP contribution is 2.58. The number of piperazine rings is 1. The van der Waals surface area contributed by atoms with E-state index in [0.717, 1.165) is 49.0 Å². The average molecular weight is 634 g/mol. The molecule has 1 amide bonds. The van der Waals surface area contributed by atoms with Crippen molar-refractivity contribution in [2.24, 2.45) is 11.3 Å². The van der Waals surface area contributed by atoms with Gasteiger partial charge in [-0.2, -0.15) is 9.97 Å². The van der Waals surface area contributed by atoms with Crippen molar-refractivity contribution in [1.82, 2.24) is 19.8 Å². The number of fused-ring (bicyclic) bond motifs is 2. The summed E-state index contributed by atoms with van der Waals surface area (Å²) >= 11 is 0. The molecular formula is C38H47N7O2. The maximum Gasteiger partial charge on any atom is 0.318 e. The van der Waals surface area contributed by atoms with Gasteiger partial charge in [-0.3, -0.25) is 4.79 Å². The molecule has 1 atom stereocenters. The highest BCUT2D eigenvalue weighted by atomic mass is 16.5. The van der Waals surface area contributed by atoms with Gasteiger partial charge in [0.25, 0.3) is 0 Å². The molecule has 7 rings (SSSR count). The minimum Gasteiger partial charge on any atom is -0.462 e. The monoisotopic (exact) mass is 633 g/mol. The van der Waals surface area contributed by atoms with Crippen molar-refractivity contribution < 1.29 is 9.53 Å². The number of anilines is 2. The van der Waals surface area contributed by atoms with Crippen LogP contribution >= 0.6 is 0 Å². The number of aromatic nitrogens is 2. The number of carbonyl (C=O) groups is 1. The molecule has 1 aromatic heterocycles. The van der Waals surface area contributed by atoms with Gasteiger partial charge in [-0.15, -0.1) is 0 Å². The Balaban J connectivity index is 1.12. The molecule has 0 bridgehead atoms. The molecule has 2 aromatic carbocycles. The lowest BCUT2D eigenvalue weighted by atomic mass is 9.52. The first kappa shape index (κ1) is 31.4. The number of hydrogen-bond acceptors (Lipinski definition) is 7. The van der Waals surface area contributed by atoms with Crippen molar-refractivity contribution >= 4 is 28.2 Å². The van der Waals surface area contributed by atoms with Crippen LogP contribution in [0.3, 0.4) is 0 Å². The Labute approximate surface area is 279 Å². The van der Waals surface area contributed by atoms with Crippen molar-refractivity contribution in [3.8, 4) is 6.01 Å². The first-order chi connectivity index (χ1) is 22.9. The maximum absolute atomic E-state index is 12.6. The Hall–Kier alpha value is -4.16. The zero-order valence-corrected chi connectivity index (χ0v) is 28.0. The van der Waals surface area contributed by atoms with Crippen LogP contribution in [0, 0.1) is 24.8 Å². The second-order valence-electron chi connectivity index (χ2n) is 14.3. The normalized spacial score (nSPS) is 20.5. The fourth-order valence-corrected chi connectivity index (χ4v) is 8.61. The van der Waals surface area contributed by atoms with Crippen LogP contribution in [0.2, 0.25) is 0 Å². The lowest BCUT2D eigenvalue weighted by Gasteiger charge is -2.55. The number of benzene rings is 2. The van der Waals surface area contributed by atoms with E-state index in [4.69, 9.17) is 21.3 Å². The summed E-state index contributed by atoms with van der Waals surface area (Å²) in [4.78, 5) is 35.2. The minimum atomic E-state index is -0.222. The fourth-order valence-electron chi connectivity index (χ4n) is 8.61. The number of carbonyl (C=O) groups excluding carboxylic acids is 1. The summed E-state index contributed by atoms with van der Waals surface area (Å²) in [6.45, 7) is 19.4. The third kappa shape index (κ3) is 6.28. The second-order valence-corrected chi connectivity index (χ2v) is 14.3. The Morgan fingerprint density at radius 2 is 1.96 bits per heavy atom.